The van der Waals surface area contributed by atoms with Crippen molar-refractivity contribution in [3.8, 4) is 11.1 Å². The molecule has 0 amide bonds. The monoisotopic (exact) mass is 593 g/mol. The van der Waals surface area contributed by atoms with E-state index in [2.05, 4.69) is 16.4 Å². The molecule has 0 fully saturated rings. The van der Waals surface area contributed by atoms with Crippen LogP contribution in [0.2, 0.25) is 0 Å². The molecule has 7 heteroatoms. The summed E-state index contributed by atoms with van der Waals surface area (Å²) >= 11 is 1.70. The van der Waals surface area contributed by atoms with Crippen LogP contribution in [-0.2, 0) is 17.8 Å². The first-order valence-electron chi connectivity index (χ1n) is 14.1. The maximum atomic E-state index is 13.9. The zero-order valence-corrected chi connectivity index (χ0v) is 24.7. The highest BCUT2D eigenvalue weighted by molar-refractivity contribution is 7.98. The number of benzene rings is 4. The van der Waals surface area contributed by atoms with Gasteiger partial charge in [0, 0.05) is 36.6 Å². The fourth-order valence-corrected chi connectivity index (χ4v) is 5.44. The Labute approximate surface area is 255 Å². The van der Waals surface area contributed by atoms with Gasteiger partial charge in [0.05, 0.1) is 12.4 Å². The Morgan fingerprint density at radius 1 is 0.953 bits per heavy atom. The number of imidazole rings is 1. The number of thioether (sulfide) groups is 1. The highest BCUT2D eigenvalue weighted by Gasteiger charge is 2.20. The third-order valence-corrected chi connectivity index (χ3v) is 7.86. The molecular weight excluding hydrogens is 560 g/mol. The Morgan fingerprint density at radius 3 is 2.35 bits per heavy atom. The average molecular weight is 594 g/mol. The zero-order chi connectivity index (χ0) is 30.0. The topological polar surface area (TPSA) is 46.9 Å². The summed E-state index contributed by atoms with van der Waals surface area (Å²) in [5, 5.41) is 3.54. The summed E-state index contributed by atoms with van der Waals surface area (Å²) < 4.78 is 29.6. The molecule has 1 aromatic heterocycles. The number of carbonyl (C=O) groups is 1. The molecule has 4 aromatic carbocycles. The molecule has 0 radical (unpaired) electrons. The van der Waals surface area contributed by atoms with E-state index in [1.165, 1.54) is 24.3 Å². The summed E-state index contributed by atoms with van der Waals surface area (Å²) in [6.07, 6.45) is 10.5. The molecule has 4 nitrogen and oxygen atoms in total. The van der Waals surface area contributed by atoms with Gasteiger partial charge in [-0.05, 0) is 88.7 Å². The average Bonchev–Trinajstić information content (AvgIpc) is 3.54. The van der Waals surface area contributed by atoms with E-state index in [0.717, 1.165) is 44.8 Å². The highest BCUT2D eigenvalue weighted by Crippen LogP contribution is 2.32. The predicted molar refractivity (Wildman–Crippen MR) is 174 cm³/mol. The number of allylic oxidation sites excluding steroid dienone is 1. The molecule has 5 rings (SSSR count). The quantitative estimate of drug-likeness (QED) is 0.139. The van der Waals surface area contributed by atoms with Crippen LogP contribution < -0.4 is 5.32 Å². The van der Waals surface area contributed by atoms with Gasteiger partial charge in [-0.3, -0.25) is 4.79 Å². The van der Waals surface area contributed by atoms with Crippen molar-refractivity contribution in [3.05, 3.63) is 144 Å². The van der Waals surface area contributed by atoms with Gasteiger partial charge in [-0.1, -0.05) is 60.7 Å². The number of carbonyl (C=O) groups excluding carboxylic acids is 1. The van der Waals surface area contributed by atoms with Crippen LogP contribution in [0.4, 0.5) is 14.5 Å². The third kappa shape index (κ3) is 8.30. The fraction of sp³-hybridized carbons (Fsp3) is 0.167. The number of rotatable bonds is 13. The van der Waals surface area contributed by atoms with Gasteiger partial charge in [0.2, 0.25) is 0 Å². The van der Waals surface area contributed by atoms with Crippen LogP contribution in [0.25, 0.3) is 22.8 Å². The van der Waals surface area contributed by atoms with Gasteiger partial charge >= 0.3 is 0 Å². The molecule has 5 aromatic rings. The van der Waals surface area contributed by atoms with Gasteiger partial charge in [0.15, 0.2) is 5.78 Å². The summed E-state index contributed by atoms with van der Waals surface area (Å²) in [6.45, 7) is 0.544. The number of halogens is 2. The molecule has 1 atom stereocenters. The maximum absolute atomic E-state index is 13.9. The van der Waals surface area contributed by atoms with Crippen LogP contribution in [0.15, 0.2) is 116 Å². The summed E-state index contributed by atoms with van der Waals surface area (Å²) in [5.74, 6) is 0.343. The van der Waals surface area contributed by atoms with E-state index < -0.39 is 0 Å². The Bertz CT molecular complexity index is 1650. The van der Waals surface area contributed by atoms with Crippen LogP contribution in [0.5, 0.6) is 0 Å². The van der Waals surface area contributed by atoms with Crippen molar-refractivity contribution in [3.63, 3.8) is 0 Å². The first kappa shape index (κ1) is 30.0. The lowest BCUT2D eigenvalue weighted by Crippen LogP contribution is -2.31. The molecule has 0 aliphatic rings. The molecular formula is C36H33F2N3OS. The highest BCUT2D eigenvalue weighted by atomic mass is 32.2. The lowest BCUT2D eigenvalue weighted by Gasteiger charge is -2.22. The molecule has 0 saturated heterocycles. The second-order valence-electron chi connectivity index (χ2n) is 10.3. The number of nitrogens with one attached hydrogen (secondary N) is 1. The predicted octanol–water partition coefficient (Wildman–Crippen LogP) is 8.41. The van der Waals surface area contributed by atoms with Crippen LogP contribution in [0.1, 0.15) is 23.1 Å². The third-order valence-electron chi connectivity index (χ3n) is 7.22. The number of Topliss-reactive ketones (excluding diaryl/α,β-unsaturated/α-hetero) is 1. The van der Waals surface area contributed by atoms with Crippen molar-refractivity contribution in [2.24, 2.45) is 0 Å². The minimum Gasteiger partial charge on any atom is -0.375 e. The zero-order valence-electron chi connectivity index (χ0n) is 23.9. The van der Waals surface area contributed by atoms with Gasteiger partial charge in [-0.15, -0.1) is 0 Å². The van der Waals surface area contributed by atoms with Crippen molar-refractivity contribution >= 4 is 34.9 Å². The minimum absolute atomic E-state index is 0.119. The Kier molecular flexibility index (Phi) is 10.2. The lowest BCUT2D eigenvalue weighted by molar-refractivity contribution is -0.119. The van der Waals surface area contributed by atoms with Crippen molar-refractivity contribution in [1.29, 1.82) is 0 Å². The number of hydrogen-bond acceptors (Lipinski definition) is 4. The van der Waals surface area contributed by atoms with Crippen molar-refractivity contribution in [2.75, 3.05) is 17.3 Å². The molecule has 1 unspecified atom stereocenters. The van der Waals surface area contributed by atoms with Crippen LogP contribution >= 0.6 is 11.8 Å². The SMILES string of the molecule is CSCCC(Nc1ccc(C=C(Cn2ccnc2)c2ccc(F)cc2)cc1-c1ccc(F)cc1)C(=O)Cc1ccccc1. The van der Waals surface area contributed by atoms with Crippen LogP contribution in [0.3, 0.4) is 0 Å². The van der Waals surface area contributed by atoms with E-state index in [0.29, 0.717) is 19.4 Å². The van der Waals surface area contributed by atoms with Crippen LogP contribution in [-0.4, -0.2) is 33.4 Å². The van der Waals surface area contributed by atoms with Crippen LogP contribution in [0, 0.1) is 11.6 Å². The summed E-state index contributed by atoms with van der Waals surface area (Å²) in [6, 6.07) is 28.2. The van der Waals surface area contributed by atoms with Gasteiger partial charge in [-0.25, -0.2) is 13.8 Å². The molecule has 0 saturated carbocycles. The molecule has 0 bridgehead atoms. The molecule has 218 valence electrons. The van der Waals surface area contributed by atoms with E-state index >= 15 is 0 Å². The van der Waals surface area contributed by atoms with Crippen molar-refractivity contribution < 1.29 is 13.6 Å². The number of ketones is 1. The van der Waals surface area contributed by atoms with Gasteiger partial charge in [0.25, 0.3) is 0 Å². The van der Waals surface area contributed by atoms with Crippen molar-refractivity contribution in [1.82, 2.24) is 9.55 Å². The summed E-state index contributed by atoms with van der Waals surface area (Å²) in [7, 11) is 0. The molecule has 43 heavy (non-hydrogen) atoms. The van der Waals surface area contributed by atoms with Gasteiger partial charge < -0.3 is 9.88 Å². The smallest absolute Gasteiger partial charge is 0.159 e. The molecule has 0 aliphatic carbocycles. The molecule has 1 heterocycles. The maximum Gasteiger partial charge on any atom is 0.159 e. The van der Waals surface area contributed by atoms with Gasteiger partial charge in [0.1, 0.15) is 11.6 Å². The second-order valence-corrected chi connectivity index (χ2v) is 11.3. The minimum atomic E-state index is -0.385. The van der Waals surface area contributed by atoms with E-state index in [9.17, 15) is 13.6 Å². The Balaban J connectivity index is 1.52. The van der Waals surface area contributed by atoms with E-state index in [1.807, 2.05) is 65.6 Å². The number of aromatic nitrogens is 2. The number of hydrogen-bond donors (Lipinski definition) is 1. The lowest BCUT2D eigenvalue weighted by atomic mass is 9.96. The Hall–Kier alpha value is -4.49. The Morgan fingerprint density at radius 2 is 1.67 bits per heavy atom. The second kappa shape index (κ2) is 14.6. The summed E-state index contributed by atoms with van der Waals surface area (Å²) in [4.78, 5) is 17.7. The van der Waals surface area contributed by atoms with Gasteiger partial charge in [-0.2, -0.15) is 11.8 Å². The first-order valence-corrected chi connectivity index (χ1v) is 15.5. The van der Waals surface area contributed by atoms with E-state index in [4.69, 9.17) is 0 Å². The standard InChI is InChI=1S/C36H33F2N3OS/c1-43-20-17-35(36(42)23-26-5-3-2-4-6-26)40-34-16-7-27(22-33(34)29-10-14-32(38)15-11-29)21-30(24-41-19-18-39-25-41)28-8-12-31(37)13-9-28/h2-16,18-19,21-22,25,35,40H,17,20,23-24H2,1H3. The fourth-order valence-electron chi connectivity index (χ4n) is 4.97. The molecule has 0 aliphatic heterocycles. The van der Waals surface area contributed by atoms with Crippen molar-refractivity contribution in [2.45, 2.75) is 25.4 Å². The summed E-state index contributed by atoms with van der Waals surface area (Å²) in [5.41, 5.74) is 6.25. The molecule has 0 spiro atoms. The molecule has 1 N–H and O–H groups in total. The van der Waals surface area contributed by atoms with E-state index in [1.54, 1.807) is 48.6 Å². The van der Waals surface area contributed by atoms with E-state index in [-0.39, 0.29) is 23.5 Å². The largest absolute Gasteiger partial charge is 0.375 e. The number of nitrogens with zero attached hydrogens (tertiary/aromatic N) is 2. The number of anilines is 1. The normalized spacial score (nSPS) is 12.2. The first-order chi connectivity index (χ1) is 21.0.